The van der Waals surface area contributed by atoms with Gasteiger partial charge in [0.05, 0.1) is 30.3 Å². The Kier molecular flexibility index (Phi) is 5.83. The van der Waals surface area contributed by atoms with E-state index < -0.39 is 0 Å². The number of aryl methyl sites for hydroxylation is 1. The van der Waals surface area contributed by atoms with Gasteiger partial charge < -0.3 is 16.0 Å². The molecule has 0 spiro atoms. The fourth-order valence-electron chi connectivity index (χ4n) is 2.52. The van der Waals surface area contributed by atoms with E-state index in [1.807, 2.05) is 44.2 Å². The maximum Gasteiger partial charge on any atom is 0.323 e. The fraction of sp³-hybridized carbons (Fsp3) is 0.158. The molecule has 1 aromatic carbocycles. The summed E-state index contributed by atoms with van der Waals surface area (Å²) in [7, 11) is 0. The monoisotopic (exact) mass is 382 g/mol. The predicted molar refractivity (Wildman–Crippen MR) is 107 cm³/mol. The third-order valence-corrected chi connectivity index (χ3v) is 3.93. The SMILES string of the molecule is Cc1cncc(NC(=O)Nc2cccc([C@H](C)Nc3cncc(Cl)n3)c2)c1. The summed E-state index contributed by atoms with van der Waals surface area (Å²) < 4.78 is 0. The zero-order chi connectivity index (χ0) is 19.2. The van der Waals surface area contributed by atoms with Crippen molar-refractivity contribution >= 4 is 34.8 Å². The van der Waals surface area contributed by atoms with Crippen molar-refractivity contribution in [2.75, 3.05) is 16.0 Å². The number of hydrogen-bond donors (Lipinski definition) is 3. The third kappa shape index (κ3) is 5.39. The molecule has 0 saturated carbocycles. The molecule has 0 fully saturated rings. The number of nitrogens with zero attached hydrogens (tertiary/aromatic N) is 3. The van der Waals surface area contributed by atoms with Gasteiger partial charge >= 0.3 is 6.03 Å². The largest absolute Gasteiger partial charge is 0.362 e. The number of pyridine rings is 1. The summed E-state index contributed by atoms with van der Waals surface area (Å²) in [5.74, 6) is 0.582. The number of rotatable bonds is 5. The Bertz CT molecular complexity index is 949. The number of urea groups is 1. The molecule has 2 amide bonds. The molecule has 0 unspecified atom stereocenters. The molecule has 8 heteroatoms. The molecule has 0 aliphatic rings. The molecule has 1 atom stereocenters. The maximum atomic E-state index is 12.2. The van der Waals surface area contributed by atoms with Crippen LogP contribution in [0.3, 0.4) is 0 Å². The number of hydrogen-bond acceptors (Lipinski definition) is 5. The van der Waals surface area contributed by atoms with Crippen molar-refractivity contribution in [3.8, 4) is 0 Å². The van der Waals surface area contributed by atoms with E-state index in [1.54, 1.807) is 18.6 Å². The first-order valence-electron chi connectivity index (χ1n) is 8.33. The Morgan fingerprint density at radius 3 is 2.59 bits per heavy atom. The zero-order valence-corrected chi connectivity index (χ0v) is 15.7. The number of benzene rings is 1. The topological polar surface area (TPSA) is 91.8 Å². The lowest BCUT2D eigenvalue weighted by atomic mass is 10.1. The van der Waals surface area contributed by atoms with Crippen LogP contribution in [-0.2, 0) is 0 Å². The summed E-state index contributed by atoms with van der Waals surface area (Å²) >= 11 is 5.86. The molecular formula is C19H19ClN6O. The molecule has 3 N–H and O–H groups in total. The van der Waals surface area contributed by atoms with Crippen molar-refractivity contribution in [2.45, 2.75) is 19.9 Å². The molecule has 0 radical (unpaired) electrons. The van der Waals surface area contributed by atoms with Crippen LogP contribution in [0.4, 0.5) is 22.0 Å². The molecule has 2 aromatic heterocycles. The smallest absolute Gasteiger partial charge is 0.323 e. The van der Waals surface area contributed by atoms with Crippen LogP contribution in [0, 0.1) is 6.92 Å². The normalized spacial score (nSPS) is 11.5. The van der Waals surface area contributed by atoms with Crippen molar-refractivity contribution in [1.82, 2.24) is 15.0 Å². The summed E-state index contributed by atoms with van der Waals surface area (Å²) in [6, 6.07) is 9.02. The van der Waals surface area contributed by atoms with Crippen molar-refractivity contribution in [3.05, 3.63) is 71.4 Å². The summed E-state index contributed by atoms with van der Waals surface area (Å²) in [6.45, 7) is 3.90. The van der Waals surface area contributed by atoms with Gasteiger partial charge in [-0.3, -0.25) is 9.97 Å². The summed E-state index contributed by atoms with van der Waals surface area (Å²) in [6.07, 6.45) is 6.41. The molecule has 2 heterocycles. The van der Waals surface area contributed by atoms with Gasteiger partial charge in [-0.05, 0) is 43.2 Å². The van der Waals surface area contributed by atoms with E-state index in [9.17, 15) is 4.79 Å². The van der Waals surface area contributed by atoms with E-state index in [4.69, 9.17) is 11.6 Å². The highest BCUT2D eigenvalue weighted by Crippen LogP contribution is 2.21. The lowest BCUT2D eigenvalue weighted by Gasteiger charge is -2.16. The Morgan fingerprint density at radius 2 is 1.81 bits per heavy atom. The van der Waals surface area contributed by atoms with Gasteiger partial charge in [0.1, 0.15) is 11.0 Å². The van der Waals surface area contributed by atoms with E-state index in [0.29, 0.717) is 22.3 Å². The van der Waals surface area contributed by atoms with Gasteiger partial charge in [0.25, 0.3) is 0 Å². The van der Waals surface area contributed by atoms with Crippen LogP contribution in [0.5, 0.6) is 0 Å². The lowest BCUT2D eigenvalue weighted by Crippen LogP contribution is -2.19. The highest BCUT2D eigenvalue weighted by atomic mass is 35.5. The Morgan fingerprint density at radius 1 is 1.04 bits per heavy atom. The van der Waals surface area contributed by atoms with Crippen LogP contribution in [-0.4, -0.2) is 21.0 Å². The van der Waals surface area contributed by atoms with Crippen molar-refractivity contribution in [2.24, 2.45) is 0 Å². The molecule has 0 aliphatic carbocycles. The van der Waals surface area contributed by atoms with Crippen molar-refractivity contribution in [1.29, 1.82) is 0 Å². The Balaban J connectivity index is 1.65. The number of halogens is 1. The van der Waals surface area contributed by atoms with Crippen molar-refractivity contribution in [3.63, 3.8) is 0 Å². The first-order chi connectivity index (χ1) is 13.0. The molecule has 27 heavy (non-hydrogen) atoms. The Labute approximate surface area is 162 Å². The van der Waals surface area contributed by atoms with Crippen LogP contribution < -0.4 is 16.0 Å². The highest BCUT2D eigenvalue weighted by molar-refractivity contribution is 6.29. The van der Waals surface area contributed by atoms with Gasteiger partial charge in [0, 0.05) is 11.9 Å². The van der Waals surface area contributed by atoms with E-state index in [0.717, 1.165) is 11.1 Å². The first-order valence-corrected chi connectivity index (χ1v) is 8.71. The summed E-state index contributed by atoms with van der Waals surface area (Å²) in [5, 5.41) is 9.14. The minimum Gasteiger partial charge on any atom is -0.362 e. The average molecular weight is 383 g/mol. The first kappa shape index (κ1) is 18.6. The molecule has 0 saturated heterocycles. The zero-order valence-electron chi connectivity index (χ0n) is 14.9. The number of carbonyl (C=O) groups is 1. The molecule has 3 aromatic rings. The second-order valence-corrected chi connectivity index (χ2v) is 6.44. The predicted octanol–water partition coefficient (Wildman–Crippen LogP) is 4.65. The van der Waals surface area contributed by atoms with Crippen LogP contribution in [0.15, 0.2) is 55.1 Å². The van der Waals surface area contributed by atoms with E-state index in [2.05, 4.69) is 30.9 Å². The molecule has 138 valence electrons. The molecular weight excluding hydrogens is 364 g/mol. The van der Waals surface area contributed by atoms with Crippen LogP contribution >= 0.6 is 11.6 Å². The van der Waals surface area contributed by atoms with E-state index in [1.165, 1.54) is 6.20 Å². The maximum absolute atomic E-state index is 12.2. The van der Waals surface area contributed by atoms with E-state index >= 15 is 0 Å². The standard InChI is InChI=1S/C19H19ClN6O/c1-12-6-16(9-21-8-12)25-19(27)24-15-5-3-4-14(7-15)13(2)23-18-11-22-10-17(20)26-18/h3-11,13H,1-2H3,(H,23,26)(H2,24,25,27)/t13-/m0/s1. The number of nitrogens with one attached hydrogen (secondary N) is 3. The van der Waals surface area contributed by atoms with Gasteiger partial charge in [0.2, 0.25) is 0 Å². The second kappa shape index (κ2) is 8.46. The van der Waals surface area contributed by atoms with Gasteiger partial charge in [-0.25, -0.2) is 9.78 Å². The van der Waals surface area contributed by atoms with Crippen LogP contribution in [0.2, 0.25) is 5.15 Å². The number of amides is 2. The van der Waals surface area contributed by atoms with Crippen molar-refractivity contribution < 1.29 is 4.79 Å². The molecule has 0 aliphatic heterocycles. The van der Waals surface area contributed by atoms with Crippen LogP contribution in [0.1, 0.15) is 24.1 Å². The molecule has 0 bridgehead atoms. The van der Waals surface area contributed by atoms with Gasteiger partial charge in [-0.15, -0.1) is 0 Å². The molecule has 7 nitrogen and oxygen atoms in total. The average Bonchev–Trinajstić information content (AvgIpc) is 2.62. The quantitative estimate of drug-likeness (QED) is 0.597. The third-order valence-electron chi connectivity index (χ3n) is 3.75. The van der Waals surface area contributed by atoms with Gasteiger partial charge in [0.15, 0.2) is 0 Å². The minimum absolute atomic E-state index is 0.0523. The molecule has 3 rings (SSSR count). The Hall–Kier alpha value is -3.19. The van der Waals surface area contributed by atoms with Gasteiger partial charge in [-0.1, -0.05) is 23.7 Å². The lowest BCUT2D eigenvalue weighted by molar-refractivity contribution is 0.262. The number of carbonyl (C=O) groups excluding carboxylic acids is 1. The number of anilines is 3. The second-order valence-electron chi connectivity index (χ2n) is 6.05. The van der Waals surface area contributed by atoms with Gasteiger partial charge in [-0.2, -0.15) is 0 Å². The highest BCUT2D eigenvalue weighted by Gasteiger charge is 2.09. The summed E-state index contributed by atoms with van der Waals surface area (Å²) in [4.78, 5) is 24.4. The minimum atomic E-state index is -0.333. The number of aromatic nitrogens is 3. The fourth-order valence-corrected chi connectivity index (χ4v) is 2.67. The van der Waals surface area contributed by atoms with Crippen LogP contribution in [0.25, 0.3) is 0 Å². The summed E-state index contributed by atoms with van der Waals surface area (Å²) in [5.41, 5.74) is 3.26. The van der Waals surface area contributed by atoms with E-state index in [-0.39, 0.29) is 12.1 Å².